The fourth-order valence-electron chi connectivity index (χ4n) is 2.13. The summed E-state index contributed by atoms with van der Waals surface area (Å²) < 4.78 is 0. The molecule has 22 heavy (non-hydrogen) atoms. The van der Waals surface area contributed by atoms with Crippen LogP contribution in [0, 0.1) is 26.7 Å². The van der Waals surface area contributed by atoms with Crippen LogP contribution in [0.3, 0.4) is 0 Å². The van der Waals surface area contributed by atoms with Crippen LogP contribution in [-0.2, 0) is 9.59 Å². The van der Waals surface area contributed by atoms with E-state index >= 15 is 0 Å². The third-order valence-corrected chi connectivity index (χ3v) is 3.57. The number of halogens is 1. The van der Waals surface area contributed by atoms with Gasteiger partial charge in [-0.15, -0.1) is 12.4 Å². The molecule has 5 nitrogen and oxygen atoms in total. The lowest BCUT2D eigenvalue weighted by Crippen LogP contribution is -2.41. The number of aryl methyl sites for hydroxylation is 3. The molecule has 1 aromatic carbocycles. The quantitative estimate of drug-likeness (QED) is 0.774. The minimum atomic E-state index is -0.319. The number of rotatable bonds is 5. The Kier molecular flexibility index (Phi) is 8.12. The summed E-state index contributed by atoms with van der Waals surface area (Å²) in [4.78, 5) is 23.7. The van der Waals surface area contributed by atoms with Crippen molar-refractivity contribution >= 4 is 29.9 Å². The van der Waals surface area contributed by atoms with Gasteiger partial charge < -0.3 is 16.4 Å². The lowest BCUT2D eigenvalue weighted by Gasteiger charge is -2.16. The first-order chi connectivity index (χ1) is 9.72. The smallest absolute Gasteiger partial charge is 0.243 e. The summed E-state index contributed by atoms with van der Waals surface area (Å²) in [6, 6.07) is 3.79. The van der Waals surface area contributed by atoms with Crippen LogP contribution in [-0.4, -0.2) is 24.4 Å². The van der Waals surface area contributed by atoms with Gasteiger partial charge in [-0.3, -0.25) is 9.59 Å². The molecule has 0 heterocycles. The third-order valence-electron chi connectivity index (χ3n) is 3.57. The lowest BCUT2D eigenvalue weighted by atomic mass is 10.0. The topological polar surface area (TPSA) is 84.2 Å². The fourth-order valence-corrected chi connectivity index (χ4v) is 2.13. The highest BCUT2D eigenvalue weighted by molar-refractivity contribution is 5.96. The number of hydrogen-bond acceptors (Lipinski definition) is 3. The molecule has 1 rings (SSSR count). The van der Waals surface area contributed by atoms with Gasteiger partial charge in [0.1, 0.15) is 0 Å². The summed E-state index contributed by atoms with van der Waals surface area (Å²) in [6.45, 7) is 9.37. The predicted molar refractivity (Wildman–Crippen MR) is 92.4 cm³/mol. The summed E-state index contributed by atoms with van der Waals surface area (Å²) >= 11 is 0. The molecule has 6 heteroatoms. The average Bonchev–Trinajstić information content (AvgIpc) is 2.39. The van der Waals surface area contributed by atoms with Crippen LogP contribution in [0.4, 0.5) is 5.69 Å². The van der Waals surface area contributed by atoms with E-state index in [-0.39, 0.29) is 42.7 Å². The highest BCUT2D eigenvalue weighted by Gasteiger charge is 2.17. The minimum Gasteiger partial charge on any atom is -0.347 e. The number of carbonyl (C=O) groups is 2. The Morgan fingerprint density at radius 2 is 1.64 bits per heavy atom. The zero-order chi connectivity index (χ0) is 16.2. The predicted octanol–water partition coefficient (Wildman–Crippen LogP) is 2.07. The molecule has 0 saturated carbocycles. The largest absolute Gasteiger partial charge is 0.347 e. The first kappa shape index (κ1) is 20.4. The van der Waals surface area contributed by atoms with Crippen molar-refractivity contribution in [3.8, 4) is 0 Å². The van der Waals surface area contributed by atoms with Gasteiger partial charge in [0.15, 0.2) is 0 Å². The molecule has 0 saturated heterocycles. The molecule has 0 radical (unpaired) electrons. The van der Waals surface area contributed by atoms with E-state index in [1.165, 1.54) is 0 Å². The van der Waals surface area contributed by atoms with E-state index in [0.29, 0.717) is 0 Å². The van der Waals surface area contributed by atoms with Crippen LogP contribution in [0.25, 0.3) is 0 Å². The van der Waals surface area contributed by atoms with E-state index in [2.05, 4.69) is 10.6 Å². The fraction of sp³-hybridized carbons (Fsp3) is 0.500. The Morgan fingerprint density at radius 1 is 1.14 bits per heavy atom. The first-order valence-electron chi connectivity index (χ1n) is 7.13. The van der Waals surface area contributed by atoms with E-state index in [0.717, 1.165) is 22.4 Å². The Bertz CT molecular complexity index is 521. The molecule has 124 valence electrons. The maximum atomic E-state index is 11.9. The zero-order valence-electron chi connectivity index (χ0n) is 13.8. The van der Waals surface area contributed by atoms with Crippen molar-refractivity contribution in [2.75, 3.05) is 11.9 Å². The molecule has 0 aliphatic rings. The molecule has 0 bridgehead atoms. The van der Waals surface area contributed by atoms with Crippen molar-refractivity contribution in [2.45, 2.75) is 40.7 Å². The van der Waals surface area contributed by atoms with Gasteiger partial charge in [-0.1, -0.05) is 24.6 Å². The normalized spacial score (nSPS) is 12.8. The summed E-state index contributed by atoms with van der Waals surface area (Å²) in [5, 5.41) is 5.45. The highest BCUT2D eigenvalue weighted by atomic mass is 35.5. The molecule has 1 aromatic rings. The second-order valence-corrected chi connectivity index (χ2v) is 5.69. The third kappa shape index (κ3) is 5.66. The number of nitrogens with one attached hydrogen (secondary N) is 2. The molecule has 0 aliphatic heterocycles. The van der Waals surface area contributed by atoms with Crippen molar-refractivity contribution in [2.24, 2.45) is 11.7 Å². The monoisotopic (exact) mass is 327 g/mol. The van der Waals surface area contributed by atoms with E-state index < -0.39 is 0 Å². The van der Waals surface area contributed by atoms with Gasteiger partial charge in [-0.05, 0) is 38.8 Å². The number of carbonyl (C=O) groups excluding carboxylic acids is 2. The van der Waals surface area contributed by atoms with Crippen LogP contribution in [0.5, 0.6) is 0 Å². The maximum Gasteiger partial charge on any atom is 0.243 e. The van der Waals surface area contributed by atoms with Crippen molar-refractivity contribution in [1.29, 1.82) is 0 Å². The second kappa shape index (κ2) is 8.76. The van der Waals surface area contributed by atoms with Crippen LogP contribution >= 0.6 is 12.4 Å². The summed E-state index contributed by atoms with van der Waals surface area (Å²) in [6.07, 6.45) is 0. The van der Waals surface area contributed by atoms with Gasteiger partial charge in [0.25, 0.3) is 0 Å². The van der Waals surface area contributed by atoms with E-state index in [1.54, 1.807) is 13.8 Å². The van der Waals surface area contributed by atoms with Crippen LogP contribution in [0.15, 0.2) is 12.1 Å². The summed E-state index contributed by atoms with van der Waals surface area (Å²) in [5.74, 6) is -0.770. The van der Waals surface area contributed by atoms with Gasteiger partial charge >= 0.3 is 0 Å². The summed E-state index contributed by atoms with van der Waals surface area (Å²) in [5.41, 5.74) is 9.64. The Balaban J connectivity index is 0.00000441. The van der Waals surface area contributed by atoms with Crippen LogP contribution < -0.4 is 16.4 Å². The number of amides is 2. The van der Waals surface area contributed by atoms with Crippen molar-refractivity contribution in [1.82, 2.24) is 5.32 Å². The van der Waals surface area contributed by atoms with Crippen LogP contribution in [0.1, 0.15) is 30.5 Å². The van der Waals surface area contributed by atoms with Gasteiger partial charge in [0, 0.05) is 17.6 Å². The highest BCUT2D eigenvalue weighted by Crippen LogP contribution is 2.21. The Hall–Kier alpha value is -1.59. The van der Waals surface area contributed by atoms with Gasteiger partial charge in [-0.2, -0.15) is 0 Å². The SMILES string of the molecule is Cc1cc(C)c(NC(=O)CNC(=O)C(C)C(C)N)c(C)c1.Cl. The number of nitrogens with two attached hydrogens (primary N) is 1. The minimum absolute atomic E-state index is 0. The zero-order valence-corrected chi connectivity index (χ0v) is 14.6. The van der Waals surface area contributed by atoms with Crippen LogP contribution in [0.2, 0.25) is 0 Å². The number of anilines is 1. The number of benzene rings is 1. The van der Waals surface area contributed by atoms with Gasteiger partial charge in [-0.25, -0.2) is 0 Å². The molecule has 0 aliphatic carbocycles. The van der Waals surface area contributed by atoms with Crippen molar-refractivity contribution in [3.63, 3.8) is 0 Å². The Labute approximate surface area is 138 Å². The average molecular weight is 328 g/mol. The van der Waals surface area contributed by atoms with Gasteiger partial charge in [0.2, 0.25) is 11.8 Å². The van der Waals surface area contributed by atoms with Crippen molar-refractivity contribution in [3.05, 3.63) is 28.8 Å². The second-order valence-electron chi connectivity index (χ2n) is 5.69. The molecule has 4 N–H and O–H groups in total. The van der Waals surface area contributed by atoms with E-state index in [9.17, 15) is 9.59 Å². The maximum absolute atomic E-state index is 11.9. The standard InChI is InChI=1S/C16H25N3O2.ClH/c1-9-6-10(2)15(11(3)7-9)19-14(20)8-18-16(21)12(4)13(5)17;/h6-7,12-13H,8,17H2,1-5H3,(H,18,21)(H,19,20);1H. The first-order valence-corrected chi connectivity index (χ1v) is 7.13. The molecule has 0 aromatic heterocycles. The molecule has 0 spiro atoms. The van der Waals surface area contributed by atoms with E-state index in [4.69, 9.17) is 5.73 Å². The summed E-state index contributed by atoms with van der Waals surface area (Å²) in [7, 11) is 0. The molecule has 2 atom stereocenters. The molecule has 2 amide bonds. The lowest BCUT2D eigenvalue weighted by molar-refractivity contribution is -0.127. The number of hydrogen-bond donors (Lipinski definition) is 3. The molecular weight excluding hydrogens is 302 g/mol. The van der Waals surface area contributed by atoms with Crippen molar-refractivity contribution < 1.29 is 9.59 Å². The molecule has 2 unspecified atom stereocenters. The Morgan fingerprint density at radius 3 is 2.09 bits per heavy atom. The molecular formula is C16H26ClN3O2. The molecule has 0 fully saturated rings. The van der Waals surface area contributed by atoms with Gasteiger partial charge in [0.05, 0.1) is 6.54 Å². The van der Waals surface area contributed by atoms with E-state index in [1.807, 2.05) is 32.9 Å².